The molecule has 4 aromatic rings. The van der Waals surface area contributed by atoms with Gasteiger partial charge in [-0.15, -0.1) is 0 Å². The highest BCUT2D eigenvalue weighted by Gasteiger charge is 2.25. The quantitative estimate of drug-likeness (QED) is 0.281. The zero-order valence-corrected chi connectivity index (χ0v) is 20.7. The number of hydrogen-bond donors (Lipinski definition) is 0. The minimum Gasteiger partial charge on any atom is -0.377 e. The number of nitrogens with zero attached hydrogens (tertiary/aromatic N) is 8. The number of fused-ring (bicyclic) bond motifs is 1. The van der Waals surface area contributed by atoms with Gasteiger partial charge in [-0.25, -0.2) is 19.1 Å². The summed E-state index contributed by atoms with van der Waals surface area (Å²) in [5.41, 5.74) is 4.71. The fourth-order valence-electron chi connectivity index (χ4n) is 3.73. The first-order chi connectivity index (χ1) is 14.6. The third-order valence-corrected chi connectivity index (χ3v) is 7.92. The molecule has 0 saturated carbocycles. The standard InChI is InChI=1S/C18H20IN8OPS/c1-10-6-13(27(23-10)29-19)15-16-17(30-24-15)12(18-20-9-21-25(18)3)7-14(22-16)26-4-5-28-8-11(26)2/h6-7,9,11,29H,4-5,8H2,1-3H3/t11-/m1/s1. The molecule has 0 N–H and O–H groups in total. The Balaban J connectivity index is 1.76. The van der Waals surface area contributed by atoms with Crippen molar-refractivity contribution in [1.82, 2.24) is 33.7 Å². The fourth-order valence-corrected chi connectivity index (χ4v) is 6.13. The summed E-state index contributed by atoms with van der Waals surface area (Å²) in [7, 11) is 1.91. The van der Waals surface area contributed by atoms with E-state index in [-0.39, 0.29) is 6.04 Å². The van der Waals surface area contributed by atoms with Crippen LogP contribution in [0.5, 0.6) is 0 Å². The van der Waals surface area contributed by atoms with Crippen LogP contribution in [0.2, 0.25) is 0 Å². The second kappa shape index (κ2) is 8.10. The topological polar surface area (TPSA) is 86.8 Å². The Labute approximate surface area is 192 Å². The number of anilines is 1. The van der Waals surface area contributed by atoms with E-state index in [9.17, 15) is 0 Å². The third kappa shape index (κ3) is 3.41. The molecule has 156 valence electrons. The second-order valence-corrected chi connectivity index (χ2v) is 10.0. The predicted octanol–water partition coefficient (Wildman–Crippen LogP) is 3.68. The van der Waals surface area contributed by atoms with Crippen LogP contribution in [0.15, 0.2) is 18.5 Å². The van der Waals surface area contributed by atoms with Gasteiger partial charge in [-0.1, -0.05) is 0 Å². The number of ether oxygens (including phenoxy) is 1. The van der Waals surface area contributed by atoms with E-state index in [0.717, 1.165) is 51.0 Å². The Hall–Kier alpha value is -1.69. The monoisotopic (exact) mass is 554 g/mol. The second-order valence-electron chi connectivity index (χ2n) is 7.23. The average molecular weight is 554 g/mol. The number of rotatable bonds is 4. The van der Waals surface area contributed by atoms with Gasteiger partial charge in [0.05, 0.1) is 41.7 Å². The molecule has 0 radical (unpaired) electrons. The van der Waals surface area contributed by atoms with Crippen molar-refractivity contribution in [2.45, 2.75) is 19.9 Å². The van der Waals surface area contributed by atoms with Gasteiger partial charge in [0.25, 0.3) is 0 Å². The van der Waals surface area contributed by atoms with Crippen LogP contribution < -0.4 is 4.90 Å². The Kier molecular flexibility index (Phi) is 5.46. The van der Waals surface area contributed by atoms with Crippen LogP contribution in [0.3, 0.4) is 0 Å². The zero-order chi connectivity index (χ0) is 20.8. The molecule has 1 fully saturated rings. The fraction of sp³-hybridized carbons (Fsp3) is 0.389. The van der Waals surface area contributed by atoms with Gasteiger partial charge in [-0.05, 0) is 59.6 Å². The van der Waals surface area contributed by atoms with Crippen LogP contribution in [0.4, 0.5) is 5.82 Å². The lowest BCUT2D eigenvalue weighted by atomic mass is 10.1. The molecule has 12 heteroatoms. The molecule has 1 saturated heterocycles. The van der Waals surface area contributed by atoms with E-state index < -0.39 is 0 Å². The summed E-state index contributed by atoms with van der Waals surface area (Å²) in [6.45, 7) is 6.35. The van der Waals surface area contributed by atoms with Crippen molar-refractivity contribution in [3.05, 3.63) is 24.2 Å². The maximum Gasteiger partial charge on any atom is 0.159 e. The molecule has 0 amide bonds. The molecule has 1 unspecified atom stereocenters. The minimum absolute atomic E-state index is 0.245. The maximum absolute atomic E-state index is 5.64. The molecular formula is C18H20IN8OPS. The number of halogens is 1. The summed E-state index contributed by atoms with van der Waals surface area (Å²) in [5.74, 6) is 1.72. The van der Waals surface area contributed by atoms with Gasteiger partial charge in [-0.3, -0.25) is 0 Å². The van der Waals surface area contributed by atoms with Crippen molar-refractivity contribution in [2.24, 2.45) is 7.05 Å². The number of morpholine rings is 1. The van der Waals surface area contributed by atoms with Crippen LogP contribution >= 0.6 is 39.9 Å². The molecule has 1 aliphatic heterocycles. The summed E-state index contributed by atoms with van der Waals surface area (Å²) in [6.07, 6.45) is 2.07. The van der Waals surface area contributed by atoms with Crippen molar-refractivity contribution >= 4 is 56.0 Å². The first kappa shape index (κ1) is 20.2. The third-order valence-electron chi connectivity index (χ3n) is 5.18. The molecule has 0 aromatic carbocycles. The smallest absolute Gasteiger partial charge is 0.159 e. The summed E-state index contributed by atoms with van der Waals surface area (Å²) >= 11 is 3.79. The molecule has 1 aliphatic rings. The summed E-state index contributed by atoms with van der Waals surface area (Å²) in [6, 6.07) is 4.43. The highest BCUT2D eigenvalue weighted by atomic mass is 127. The number of aromatic nitrogens is 7. The van der Waals surface area contributed by atoms with Gasteiger partial charge in [-0.2, -0.15) is 14.6 Å². The lowest BCUT2D eigenvalue weighted by molar-refractivity contribution is 0.0986. The molecular weight excluding hydrogens is 534 g/mol. The molecule has 9 nitrogen and oxygen atoms in total. The molecule has 2 atom stereocenters. The molecule has 5 heterocycles. The van der Waals surface area contributed by atoms with Crippen LogP contribution in [0, 0.1) is 6.92 Å². The van der Waals surface area contributed by atoms with Gasteiger partial charge in [0.1, 0.15) is 23.4 Å². The Morgan fingerprint density at radius 1 is 1.33 bits per heavy atom. The van der Waals surface area contributed by atoms with E-state index in [1.807, 2.05) is 18.4 Å². The predicted molar refractivity (Wildman–Crippen MR) is 129 cm³/mol. The van der Waals surface area contributed by atoms with Gasteiger partial charge < -0.3 is 9.64 Å². The molecule has 30 heavy (non-hydrogen) atoms. The Bertz CT molecular complexity index is 1220. The Morgan fingerprint density at radius 2 is 2.20 bits per heavy atom. The Morgan fingerprint density at radius 3 is 2.93 bits per heavy atom. The SMILES string of the molecule is Cc1cc(-c2nsc3c(-c4ncnn4C)cc(N4CCOC[C@H]4C)nc23)n(PI)n1. The summed E-state index contributed by atoms with van der Waals surface area (Å²) < 4.78 is 15.2. The summed E-state index contributed by atoms with van der Waals surface area (Å²) in [4.78, 5) is 11.9. The molecule has 0 bridgehead atoms. The molecule has 0 aliphatic carbocycles. The van der Waals surface area contributed by atoms with E-state index in [2.05, 4.69) is 61.2 Å². The normalized spacial score (nSPS) is 17.6. The van der Waals surface area contributed by atoms with Gasteiger partial charge in [0.15, 0.2) is 5.82 Å². The minimum atomic E-state index is 0.245. The zero-order valence-electron chi connectivity index (χ0n) is 16.7. The lowest BCUT2D eigenvalue weighted by Gasteiger charge is -2.34. The van der Waals surface area contributed by atoms with Crippen molar-refractivity contribution < 1.29 is 4.74 Å². The van der Waals surface area contributed by atoms with Crippen molar-refractivity contribution in [3.63, 3.8) is 0 Å². The van der Waals surface area contributed by atoms with Crippen LogP contribution in [0.1, 0.15) is 12.6 Å². The number of pyridine rings is 1. The number of aryl methyl sites for hydroxylation is 2. The molecule has 5 rings (SSSR count). The summed E-state index contributed by atoms with van der Waals surface area (Å²) in [5, 5.41) is 8.88. The van der Waals surface area contributed by atoms with E-state index >= 15 is 0 Å². The van der Waals surface area contributed by atoms with Gasteiger partial charge in [0.2, 0.25) is 0 Å². The van der Waals surface area contributed by atoms with Gasteiger partial charge >= 0.3 is 0 Å². The van der Waals surface area contributed by atoms with Crippen LogP contribution in [-0.2, 0) is 11.8 Å². The van der Waals surface area contributed by atoms with Crippen molar-refractivity contribution in [3.8, 4) is 22.8 Å². The largest absolute Gasteiger partial charge is 0.377 e. The van der Waals surface area contributed by atoms with Crippen molar-refractivity contribution in [1.29, 1.82) is 0 Å². The highest BCUT2D eigenvalue weighted by Crippen LogP contribution is 2.40. The number of hydrogen-bond acceptors (Lipinski definition) is 8. The average Bonchev–Trinajstić information content (AvgIpc) is 3.45. The van der Waals surface area contributed by atoms with E-state index in [0.29, 0.717) is 19.6 Å². The van der Waals surface area contributed by atoms with E-state index in [1.54, 1.807) is 11.0 Å². The maximum atomic E-state index is 5.64. The first-order valence-corrected chi connectivity index (χ1v) is 14.3. The molecule has 4 aromatic heterocycles. The van der Waals surface area contributed by atoms with Gasteiger partial charge in [0, 0.05) is 19.2 Å². The van der Waals surface area contributed by atoms with E-state index in [4.69, 9.17) is 14.1 Å². The van der Waals surface area contributed by atoms with Crippen molar-refractivity contribution in [2.75, 3.05) is 24.7 Å². The first-order valence-electron chi connectivity index (χ1n) is 9.49. The highest BCUT2D eigenvalue weighted by molar-refractivity contribution is 14.2. The van der Waals surface area contributed by atoms with E-state index in [1.165, 1.54) is 11.5 Å². The lowest BCUT2D eigenvalue weighted by Crippen LogP contribution is -2.44. The van der Waals surface area contributed by atoms with Crippen LogP contribution in [0.25, 0.3) is 33.0 Å². The van der Waals surface area contributed by atoms with Crippen LogP contribution in [-0.4, -0.2) is 59.5 Å². The molecule has 0 spiro atoms.